The first kappa shape index (κ1) is 21.0. The number of anilines is 1. The molecule has 156 valence electrons. The second-order valence-electron chi connectivity index (χ2n) is 6.63. The average Bonchev–Trinajstić information content (AvgIpc) is 2.68. The minimum Gasteiger partial charge on any atom is -0.379 e. The van der Waals surface area contributed by atoms with Crippen LogP contribution in [0.25, 0.3) is 0 Å². The zero-order valence-corrected chi connectivity index (χ0v) is 17.2. The summed E-state index contributed by atoms with van der Waals surface area (Å²) in [6.45, 7) is 2.45. The van der Waals surface area contributed by atoms with Gasteiger partial charge in [0, 0.05) is 51.2 Å². The van der Waals surface area contributed by atoms with Crippen LogP contribution in [0.1, 0.15) is 0 Å². The van der Waals surface area contributed by atoms with Crippen LogP contribution in [-0.2, 0) is 24.8 Å². The highest BCUT2D eigenvalue weighted by atomic mass is 32.2. The van der Waals surface area contributed by atoms with Crippen molar-refractivity contribution in [2.24, 2.45) is 0 Å². The molecule has 0 aliphatic carbocycles. The van der Waals surface area contributed by atoms with Crippen molar-refractivity contribution in [3.63, 3.8) is 0 Å². The fraction of sp³-hybridized carbons (Fsp3) is 0.562. The van der Waals surface area contributed by atoms with Crippen LogP contribution in [0.5, 0.6) is 0 Å². The number of hydrogen-bond acceptors (Lipinski definition) is 6. The molecule has 0 saturated carbocycles. The Hall–Kier alpha value is -1.73. The molecule has 0 radical (unpaired) electrons. The van der Waals surface area contributed by atoms with Gasteiger partial charge in [-0.05, 0) is 24.3 Å². The van der Waals surface area contributed by atoms with Gasteiger partial charge in [0.05, 0.1) is 18.1 Å². The molecule has 3 rings (SSSR count). The molecule has 0 spiro atoms. The first-order chi connectivity index (χ1) is 13.2. The fourth-order valence-electron chi connectivity index (χ4n) is 3.05. The number of piperazine rings is 1. The van der Waals surface area contributed by atoms with E-state index in [0.29, 0.717) is 32.0 Å². The van der Waals surface area contributed by atoms with Gasteiger partial charge in [0.25, 0.3) is 10.2 Å². The van der Waals surface area contributed by atoms with Crippen LogP contribution in [0.2, 0.25) is 0 Å². The summed E-state index contributed by atoms with van der Waals surface area (Å²) < 4.78 is 56.3. The molecular formula is C16H24N4O6S2. The van der Waals surface area contributed by atoms with E-state index in [0.717, 1.165) is 6.26 Å². The lowest BCUT2D eigenvalue weighted by atomic mass is 10.3. The molecule has 2 heterocycles. The van der Waals surface area contributed by atoms with E-state index in [1.54, 1.807) is 0 Å². The van der Waals surface area contributed by atoms with E-state index < -0.39 is 20.0 Å². The zero-order valence-electron chi connectivity index (χ0n) is 15.6. The lowest BCUT2D eigenvalue weighted by Gasteiger charge is -2.37. The normalized spacial score (nSPS) is 20.1. The number of benzene rings is 1. The molecule has 1 N–H and O–H groups in total. The summed E-state index contributed by atoms with van der Waals surface area (Å²) in [7, 11) is -6.84. The van der Waals surface area contributed by atoms with Crippen LogP contribution >= 0.6 is 0 Å². The van der Waals surface area contributed by atoms with Crippen LogP contribution in [0, 0.1) is 0 Å². The highest BCUT2D eigenvalue weighted by molar-refractivity contribution is 7.90. The molecule has 1 aromatic rings. The zero-order chi connectivity index (χ0) is 20.4. The second kappa shape index (κ2) is 8.33. The summed E-state index contributed by atoms with van der Waals surface area (Å²) in [4.78, 5) is 14.1. The Morgan fingerprint density at radius 1 is 0.893 bits per heavy atom. The number of sulfone groups is 1. The molecule has 2 saturated heterocycles. The van der Waals surface area contributed by atoms with Crippen LogP contribution in [0.15, 0.2) is 29.2 Å². The van der Waals surface area contributed by atoms with E-state index in [1.165, 1.54) is 37.8 Å². The van der Waals surface area contributed by atoms with Crippen molar-refractivity contribution in [3.05, 3.63) is 24.3 Å². The Morgan fingerprint density at radius 2 is 1.43 bits per heavy atom. The Kier molecular flexibility index (Phi) is 6.25. The van der Waals surface area contributed by atoms with E-state index in [-0.39, 0.29) is 37.1 Å². The average molecular weight is 433 g/mol. The van der Waals surface area contributed by atoms with E-state index >= 15 is 0 Å². The standard InChI is InChI=1S/C16H24N4O6S2/c1-27(22,23)15-4-2-14(3-5-15)17-16(21)18-6-8-19(9-7-18)28(24,25)20-10-12-26-13-11-20/h2-5H,6-13H2,1H3,(H,17,21). The van der Waals surface area contributed by atoms with E-state index in [1.807, 2.05) is 0 Å². The number of morpholine rings is 1. The number of urea groups is 1. The number of nitrogens with one attached hydrogen (secondary N) is 1. The third-order valence-corrected chi connectivity index (χ3v) is 7.85. The van der Waals surface area contributed by atoms with Gasteiger partial charge < -0.3 is 15.0 Å². The number of hydrogen-bond donors (Lipinski definition) is 1. The topological polar surface area (TPSA) is 116 Å². The predicted octanol–water partition coefficient (Wildman–Crippen LogP) is -0.183. The van der Waals surface area contributed by atoms with Crippen molar-refractivity contribution in [1.29, 1.82) is 0 Å². The molecule has 2 aliphatic rings. The highest BCUT2D eigenvalue weighted by Crippen LogP contribution is 2.17. The van der Waals surface area contributed by atoms with Gasteiger partial charge in [-0.15, -0.1) is 0 Å². The molecule has 2 aliphatic heterocycles. The largest absolute Gasteiger partial charge is 0.379 e. The monoisotopic (exact) mass is 432 g/mol. The quantitative estimate of drug-likeness (QED) is 0.705. The van der Waals surface area contributed by atoms with Crippen molar-refractivity contribution in [3.8, 4) is 0 Å². The molecule has 0 unspecified atom stereocenters. The van der Waals surface area contributed by atoms with Gasteiger partial charge in [-0.3, -0.25) is 0 Å². The molecule has 10 nitrogen and oxygen atoms in total. The summed E-state index contributed by atoms with van der Waals surface area (Å²) in [6.07, 6.45) is 1.12. The van der Waals surface area contributed by atoms with Gasteiger partial charge in [-0.1, -0.05) is 0 Å². The van der Waals surface area contributed by atoms with Gasteiger partial charge in [-0.25, -0.2) is 13.2 Å². The lowest BCUT2D eigenvalue weighted by molar-refractivity contribution is 0.0691. The molecule has 0 aromatic heterocycles. The maximum absolute atomic E-state index is 12.6. The maximum Gasteiger partial charge on any atom is 0.321 e. The molecule has 0 bridgehead atoms. The summed E-state index contributed by atoms with van der Waals surface area (Å²) in [5.41, 5.74) is 0.473. The van der Waals surface area contributed by atoms with Crippen molar-refractivity contribution in [1.82, 2.24) is 13.5 Å². The Morgan fingerprint density at radius 3 is 1.96 bits per heavy atom. The van der Waals surface area contributed by atoms with E-state index in [4.69, 9.17) is 4.74 Å². The minimum absolute atomic E-state index is 0.174. The molecule has 0 atom stereocenters. The van der Waals surface area contributed by atoms with Crippen LogP contribution in [0.4, 0.5) is 10.5 Å². The lowest BCUT2D eigenvalue weighted by Crippen LogP contribution is -2.56. The minimum atomic E-state index is -3.54. The number of rotatable bonds is 4. The summed E-state index contributed by atoms with van der Waals surface area (Å²) in [6, 6.07) is 5.55. The maximum atomic E-state index is 12.6. The van der Waals surface area contributed by atoms with Crippen molar-refractivity contribution >= 4 is 31.8 Å². The fourth-order valence-corrected chi connectivity index (χ4v) is 5.24. The van der Waals surface area contributed by atoms with Gasteiger partial charge in [0.15, 0.2) is 9.84 Å². The van der Waals surface area contributed by atoms with Gasteiger partial charge >= 0.3 is 6.03 Å². The Bertz CT molecular complexity index is 903. The highest BCUT2D eigenvalue weighted by Gasteiger charge is 2.34. The van der Waals surface area contributed by atoms with Crippen LogP contribution < -0.4 is 5.32 Å². The van der Waals surface area contributed by atoms with Crippen molar-refractivity contribution < 1.29 is 26.4 Å². The number of ether oxygens (including phenoxy) is 1. The van der Waals surface area contributed by atoms with Crippen molar-refractivity contribution in [2.75, 3.05) is 64.1 Å². The summed E-state index contributed by atoms with van der Waals surface area (Å²) in [5, 5.41) is 2.70. The molecule has 12 heteroatoms. The third kappa shape index (κ3) is 4.81. The van der Waals surface area contributed by atoms with E-state index in [2.05, 4.69) is 5.32 Å². The Labute approximate surface area is 165 Å². The molecular weight excluding hydrogens is 408 g/mol. The van der Waals surface area contributed by atoms with E-state index in [9.17, 15) is 21.6 Å². The molecule has 28 heavy (non-hydrogen) atoms. The number of amides is 2. The smallest absolute Gasteiger partial charge is 0.321 e. The number of carbonyl (C=O) groups excluding carboxylic acids is 1. The number of carbonyl (C=O) groups is 1. The molecule has 1 aromatic carbocycles. The van der Waals surface area contributed by atoms with Crippen LogP contribution in [-0.4, -0.2) is 95.1 Å². The molecule has 2 amide bonds. The van der Waals surface area contributed by atoms with Crippen molar-refractivity contribution in [2.45, 2.75) is 4.90 Å². The SMILES string of the molecule is CS(=O)(=O)c1ccc(NC(=O)N2CCN(S(=O)(=O)N3CCOCC3)CC2)cc1. The molecule has 2 fully saturated rings. The Balaban J connectivity index is 1.55. The predicted molar refractivity (Wildman–Crippen MR) is 103 cm³/mol. The number of nitrogens with zero attached hydrogens (tertiary/aromatic N) is 3. The van der Waals surface area contributed by atoms with Gasteiger partial charge in [0.1, 0.15) is 0 Å². The van der Waals surface area contributed by atoms with Crippen LogP contribution in [0.3, 0.4) is 0 Å². The summed E-state index contributed by atoms with van der Waals surface area (Å²) in [5.74, 6) is 0. The summed E-state index contributed by atoms with van der Waals surface area (Å²) >= 11 is 0. The van der Waals surface area contributed by atoms with Gasteiger partial charge in [0.2, 0.25) is 0 Å². The third-order valence-electron chi connectivity index (χ3n) is 4.68. The first-order valence-electron chi connectivity index (χ1n) is 8.87. The first-order valence-corrected chi connectivity index (χ1v) is 12.2. The van der Waals surface area contributed by atoms with Gasteiger partial charge in [-0.2, -0.15) is 17.0 Å². The second-order valence-corrected chi connectivity index (χ2v) is 10.6.